The highest BCUT2D eigenvalue weighted by atomic mass is 15.1. The molecule has 0 aromatic carbocycles. The zero-order chi connectivity index (χ0) is 7.84. The van der Waals surface area contributed by atoms with Crippen molar-refractivity contribution < 1.29 is 0 Å². The lowest BCUT2D eigenvalue weighted by Gasteiger charge is -2.03. The number of nitrogens with one attached hydrogen (secondary N) is 1. The number of nitrogens with zero attached hydrogens (tertiary/aromatic N) is 2. The SMILES string of the molecule is Cc1nnc(C)c2c1CCN2. The summed E-state index contributed by atoms with van der Waals surface area (Å²) in [5, 5.41) is 11.4. The van der Waals surface area contributed by atoms with Gasteiger partial charge in [0, 0.05) is 12.1 Å². The second-order valence-corrected chi connectivity index (χ2v) is 2.90. The summed E-state index contributed by atoms with van der Waals surface area (Å²) < 4.78 is 0. The van der Waals surface area contributed by atoms with Crippen LogP contribution in [0.4, 0.5) is 5.69 Å². The normalized spacial score (nSPS) is 14.4. The molecule has 0 saturated heterocycles. The summed E-state index contributed by atoms with van der Waals surface area (Å²) in [6, 6.07) is 0. The van der Waals surface area contributed by atoms with E-state index in [2.05, 4.69) is 15.5 Å². The molecule has 11 heavy (non-hydrogen) atoms. The van der Waals surface area contributed by atoms with Gasteiger partial charge in [-0.05, 0) is 20.3 Å². The van der Waals surface area contributed by atoms with Gasteiger partial charge in [-0.25, -0.2) is 0 Å². The first kappa shape index (κ1) is 6.58. The molecule has 0 radical (unpaired) electrons. The Morgan fingerprint density at radius 1 is 1.18 bits per heavy atom. The number of aromatic nitrogens is 2. The van der Waals surface area contributed by atoms with Gasteiger partial charge in [0.15, 0.2) is 0 Å². The molecular formula is C8H11N3. The quantitative estimate of drug-likeness (QED) is 0.599. The molecule has 1 aliphatic rings. The molecule has 2 heterocycles. The summed E-state index contributed by atoms with van der Waals surface area (Å²) in [4.78, 5) is 0. The standard InChI is InChI=1S/C8H11N3/c1-5-7-3-4-9-8(7)6(2)11-10-5/h9H,3-4H2,1-2H3. The van der Waals surface area contributed by atoms with Crippen LogP contribution in [-0.4, -0.2) is 16.7 Å². The molecule has 0 unspecified atom stereocenters. The molecule has 0 aliphatic carbocycles. The number of hydrogen-bond acceptors (Lipinski definition) is 3. The second kappa shape index (κ2) is 2.19. The van der Waals surface area contributed by atoms with E-state index in [-0.39, 0.29) is 0 Å². The Labute approximate surface area is 65.8 Å². The fourth-order valence-electron chi connectivity index (χ4n) is 1.51. The fourth-order valence-corrected chi connectivity index (χ4v) is 1.51. The van der Waals surface area contributed by atoms with Gasteiger partial charge in [-0.1, -0.05) is 0 Å². The van der Waals surface area contributed by atoms with Gasteiger partial charge in [0.25, 0.3) is 0 Å². The van der Waals surface area contributed by atoms with Crippen molar-refractivity contribution in [1.29, 1.82) is 0 Å². The van der Waals surface area contributed by atoms with Gasteiger partial charge in [-0.15, -0.1) is 0 Å². The van der Waals surface area contributed by atoms with Gasteiger partial charge < -0.3 is 5.32 Å². The van der Waals surface area contributed by atoms with Crippen molar-refractivity contribution in [2.75, 3.05) is 11.9 Å². The number of fused-ring (bicyclic) bond motifs is 1. The summed E-state index contributed by atoms with van der Waals surface area (Å²) in [6.07, 6.45) is 1.09. The Morgan fingerprint density at radius 3 is 2.64 bits per heavy atom. The molecule has 1 N–H and O–H groups in total. The van der Waals surface area contributed by atoms with E-state index in [1.807, 2.05) is 13.8 Å². The topological polar surface area (TPSA) is 37.8 Å². The van der Waals surface area contributed by atoms with Crippen LogP contribution in [-0.2, 0) is 6.42 Å². The summed E-state index contributed by atoms with van der Waals surface area (Å²) >= 11 is 0. The lowest BCUT2D eigenvalue weighted by molar-refractivity contribution is 0.924. The van der Waals surface area contributed by atoms with Crippen LogP contribution < -0.4 is 5.32 Å². The van der Waals surface area contributed by atoms with Crippen LogP contribution >= 0.6 is 0 Å². The predicted molar refractivity (Wildman–Crippen MR) is 43.7 cm³/mol. The molecule has 58 valence electrons. The molecule has 1 aromatic heterocycles. The summed E-state index contributed by atoms with van der Waals surface area (Å²) in [5.74, 6) is 0. The van der Waals surface area contributed by atoms with Crippen LogP contribution in [0.3, 0.4) is 0 Å². The maximum absolute atomic E-state index is 4.06. The summed E-state index contributed by atoms with van der Waals surface area (Å²) in [6.45, 7) is 5.03. The fraction of sp³-hybridized carbons (Fsp3) is 0.500. The third-order valence-electron chi connectivity index (χ3n) is 2.13. The van der Waals surface area contributed by atoms with Crippen molar-refractivity contribution in [3.63, 3.8) is 0 Å². The molecule has 1 aliphatic heterocycles. The second-order valence-electron chi connectivity index (χ2n) is 2.90. The van der Waals surface area contributed by atoms with Crippen LogP contribution in [0.2, 0.25) is 0 Å². The lowest BCUT2D eigenvalue weighted by atomic mass is 10.1. The number of aryl methyl sites for hydroxylation is 2. The largest absolute Gasteiger partial charge is 0.383 e. The molecule has 2 rings (SSSR count). The Hall–Kier alpha value is -1.12. The lowest BCUT2D eigenvalue weighted by Crippen LogP contribution is -1.97. The first-order chi connectivity index (χ1) is 5.29. The summed E-state index contributed by atoms with van der Waals surface area (Å²) in [5.41, 5.74) is 4.63. The Kier molecular flexibility index (Phi) is 1.31. The molecule has 1 aromatic rings. The van der Waals surface area contributed by atoms with Gasteiger partial charge in [0.2, 0.25) is 0 Å². The van der Waals surface area contributed by atoms with Crippen molar-refractivity contribution in [3.05, 3.63) is 17.0 Å². The minimum atomic E-state index is 1.02. The highest BCUT2D eigenvalue weighted by molar-refractivity contribution is 5.59. The van der Waals surface area contributed by atoms with E-state index in [9.17, 15) is 0 Å². The molecule has 0 fully saturated rings. The van der Waals surface area contributed by atoms with Crippen LogP contribution in [0.15, 0.2) is 0 Å². The molecule has 0 bridgehead atoms. The molecule has 0 amide bonds. The molecule has 3 heteroatoms. The van der Waals surface area contributed by atoms with Crippen molar-refractivity contribution in [2.24, 2.45) is 0 Å². The summed E-state index contributed by atoms with van der Waals surface area (Å²) in [7, 11) is 0. The highest BCUT2D eigenvalue weighted by Crippen LogP contribution is 2.25. The highest BCUT2D eigenvalue weighted by Gasteiger charge is 2.15. The monoisotopic (exact) mass is 149 g/mol. The molecular weight excluding hydrogens is 138 g/mol. The molecule has 0 atom stereocenters. The van der Waals surface area contributed by atoms with Crippen LogP contribution in [0.5, 0.6) is 0 Å². The van der Waals surface area contributed by atoms with Crippen molar-refractivity contribution >= 4 is 5.69 Å². The Bertz CT molecular complexity index is 265. The van der Waals surface area contributed by atoms with E-state index in [1.54, 1.807) is 0 Å². The predicted octanol–water partition coefficient (Wildman–Crippen LogP) is 1.06. The van der Waals surface area contributed by atoms with Crippen molar-refractivity contribution in [2.45, 2.75) is 20.3 Å². The van der Waals surface area contributed by atoms with Crippen molar-refractivity contribution in [3.8, 4) is 0 Å². The first-order valence-corrected chi connectivity index (χ1v) is 3.85. The molecule has 0 saturated carbocycles. The van der Waals surface area contributed by atoms with Crippen LogP contribution in [0.25, 0.3) is 0 Å². The Balaban J connectivity index is 2.64. The van der Waals surface area contributed by atoms with E-state index in [1.165, 1.54) is 11.3 Å². The van der Waals surface area contributed by atoms with Gasteiger partial charge in [0.05, 0.1) is 17.1 Å². The van der Waals surface area contributed by atoms with Gasteiger partial charge in [0.1, 0.15) is 0 Å². The number of rotatable bonds is 0. The number of anilines is 1. The van der Waals surface area contributed by atoms with E-state index in [0.717, 1.165) is 24.4 Å². The number of hydrogen-bond donors (Lipinski definition) is 1. The van der Waals surface area contributed by atoms with E-state index < -0.39 is 0 Å². The van der Waals surface area contributed by atoms with Crippen molar-refractivity contribution in [1.82, 2.24) is 10.2 Å². The zero-order valence-corrected chi connectivity index (χ0v) is 6.81. The smallest absolute Gasteiger partial charge is 0.0834 e. The van der Waals surface area contributed by atoms with E-state index in [0.29, 0.717) is 0 Å². The average molecular weight is 149 g/mol. The third-order valence-corrected chi connectivity index (χ3v) is 2.13. The van der Waals surface area contributed by atoms with Gasteiger partial charge in [-0.2, -0.15) is 10.2 Å². The Morgan fingerprint density at radius 2 is 1.91 bits per heavy atom. The van der Waals surface area contributed by atoms with Crippen LogP contribution in [0.1, 0.15) is 17.0 Å². The maximum Gasteiger partial charge on any atom is 0.0834 e. The zero-order valence-electron chi connectivity index (χ0n) is 6.81. The first-order valence-electron chi connectivity index (χ1n) is 3.85. The molecule has 3 nitrogen and oxygen atoms in total. The minimum Gasteiger partial charge on any atom is -0.383 e. The molecule has 0 spiro atoms. The van der Waals surface area contributed by atoms with Gasteiger partial charge >= 0.3 is 0 Å². The van der Waals surface area contributed by atoms with E-state index in [4.69, 9.17) is 0 Å². The third kappa shape index (κ3) is 0.878. The van der Waals surface area contributed by atoms with E-state index >= 15 is 0 Å². The van der Waals surface area contributed by atoms with Gasteiger partial charge in [-0.3, -0.25) is 0 Å². The van der Waals surface area contributed by atoms with Crippen LogP contribution in [0, 0.1) is 13.8 Å². The maximum atomic E-state index is 4.06. The minimum absolute atomic E-state index is 1.02. The average Bonchev–Trinajstić information content (AvgIpc) is 2.45.